The topological polar surface area (TPSA) is 46.6 Å². The number of nitrogens with zero attached hydrogens (tertiary/aromatic N) is 1. The summed E-state index contributed by atoms with van der Waals surface area (Å²) in [7, 11) is 0. The molecule has 1 heterocycles. The van der Waals surface area contributed by atoms with Gasteiger partial charge in [-0.15, -0.1) is 0 Å². The maximum absolute atomic E-state index is 12.8. The van der Waals surface area contributed by atoms with Crippen molar-refractivity contribution in [1.29, 1.82) is 0 Å². The fourth-order valence-electron chi connectivity index (χ4n) is 3.05. The number of carbonyl (C=O) groups is 2. The zero-order chi connectivity index (χ0) is 22.7. The molecule has 8 heteroatoms. The van der Waals surface area contributed by atoms with Gasteiger partial charge in [0.2, 0.25) is 0 Å². The molecule has 0 aliphatic carbocycles. The van der Waals surface area contributed by atoms with Gasteiger partial charge in [-0.3, -0.25) is 14.5 Å². The van der Waals surface area contributed by atoms with Crippen molar-refractivity contribution in [3.8, 4) is 5.75 Å². The molecule has 0 spiro atoms. The fraction of sp³-hybridized carbons (Fsp3) is 0.0833. The van der Waals surface area contributed by atoms with Gasteiger partial charge in [-0.25, -0.2) is 0 Å². The van der Waals surface area contributed by atoms with E-state index in [0.29, 0.717) is 27.3 Å². The predicted molar refractivity (Wildman–Crippen MR) is 133 cm³/mol. The van der Waals surface area contributed by atoms with Crippen molar-refractivity contribution in [2.24, 2.45) is 0 Å². The molecule has 0 saturated carbocycles. The van der Waals surface area contributed by atoms with Gasteiger partial charge < -0.3 is 4.74 Å². The summed E-state index contributed by atoms with van der Waals surface area (Å²) in [6, 6.07) is 20.1. The first-order chi connectivity index (χ1) is 15.4. The molecule has 4 nitrogen and oxygen atoms in total. The van der Waals surface area contributed by atoms with Crippen LogP contribution >= 0.6 is 50.9 Å². The Morgan fingerprint density at radius 1 is 1.00 bits per heavy atom. The summed E-state index contributed by atoms with van der Waals surface area (Å²) in [6.07, 6.45) is 1.70. The molecule has 162 valence electrons. The predicted octanol–water partition coefficient (Wildman–Crippen LogP) is 7.57. The van der Waals surface area contributed by atoms with Gasteiger partial charge in [0.1, 0.15) is 12.4 Å². The molecular weight excluding hydrogens is 533 g/mol. The molecule has 4 rings (SSSR count). The summed E-state index contributed by atoms with van der Waals surface area (Å²) in [5.74, 6) is 0.336. The van der Waals surface area contributed by atoms with Crippen molar-refractivity contribution in [2.75, 3.05) is 0 Å². The van der Waals surface area contributed by atoms with E-state index in [1.54, 1.807) is 30.3 Å². The number of thioether (sulfide) groups is 1. The third kappa shape index (κ3) is 5.38. The number of benzene rings is 3. The zero-order valence-electron chi connectivity index (χ0n) is 16.6. The van der Waals surface area contributed by atoms with Crippen LogP contribution in [0.4, 0.5) is 4.79 Å². The minimum Gasteiger partial charge on any atom is -0.488 e. The van der Waals surface area contributed by atoms with E-state index >= 15 is 0 Å². The third-order valence-electron chi connectivity index (χ3n) is 4.72. The normalized spacial score (nSPS) is 15.0. The second kappa shape index (κ2) is 10.1. The van der Waals surface area contributed by atoms with Gasteiger partial charge in [0.25, 0.3) is 11.1 Å². The molecule has 3 aromatic carbocycles. The molecule has 32 heavy (non-hydrogen) atoms. The summed E-state index contributed by atoms with van der Waals surface area (Å²) >= 11 is 16.5. The quantitative estimate of drug-likeness (QED) is 0.298. The standard InChI is InChI=1S/C24H16BrCl2NO3S/c25-19-11-16(7-10-21(19)31-14-17-3-1-2-4-20(17)27)12-22-23(29)28(24(30)32-22)13-15-5-8-18(26)9-6-15/h1-12H,13-14H2/b22-12-. The number of ether oxygens (including phenoxy) is 1. The first kappa shape index (κ1) is 22.9. The average molecular weight is 549 g/mol. The van der Waals surface area contributed by atoms with Crippen LogP contribution in [0.25, 0.3) is 6.08 Å². The molecule has 0 radical (unpaired) electrons. The second-order valence-corrected chi connectivity index (χ2v) is 9.66. The van der Waals surface area contributed by atoms with Gasteiger partial charge in [-0.05, 0) is 75.2 Å². The summed E-state index contributed by atoms with van der Waals surface area (Å²) in [5, 5.41) is 0.956. The Labute approximate surface area is 208 Å². The fourth-order valence-corrected chi connectivity index (χ4v) is 4.72. The van der Waals surface area contributed by atoms with Crippen molar-refractivity contribution in [1.82, 2.24) is 4.90 Å². The first-order valence-corrected chi connectivity index (χ1v) is 11.9. The average Bonchev–Trinajstić information content (AvgIpc) is 3.03. The number of hydrogen-bond donors (Lipinski definition) is 0. The lowest BCUT2D eigenvalue weighted by atomic mass is 10.2. The molecule has 2 amide bonds. The van der Waals surface area contributed by atoms with Crippen LogP contribution in [0.3, 0.4) is 0 Å². The molecule has 0 aromatic heterocycles. The van der Waals surface area contributed by atoms with Gasteiger partial charge in [0.15, 0.2) is 0 Å². The lowest BCUT2D eigenvalue weighted by Crippen LogP contribution is -2.27. The van der Waals surface area contributed by atoms with Crippen LogP contribution in [0.2, 0.25) is 10.0 Å². The highest BCUT2D eigenvalue weighted by atomic mass is 79.9. The summed E-state index contributed by atoms with van der Waals surface area (Å²) in [6.45, 7) is 0.541. The largest absolute Gasteiger partial charge is 0.488 e. The van der Waals surface area contributed by atoms with E-state index in [9.17, 15) is 9.59 Å². The van der Waals surface area contributed by atoms with Crippen molar-refractivity contribution in [2.45, 2.75) is 13.2 Å². The number of imide groups is 1. The van der Waals surface area contributed by atoms with E-state index in [0.717, 1.165) is 32.9 Å². The Hall–Kier alpha value is -2.25. The van der Waals surface area contributed by atoms with Crippen LogP contribution in [-0.2, 0) is 17.9 Å². The molecule has 0 atom stereocenters. The Morgan fingerprint density at radius 3 is 2.47 bits per heavy atom. The summed E-state index contributed by atoms with van der Waals surface area (Å²) in [5.41, 5.74) is 2.50. The van der Waals surface area contributed by atoms with Gasteiger partial charge in [-0.2, -0.15) is 0 Å². The van der Waals surface area contributed by atoms with Gasteiger partial charge >= 0.3 is 0 Å². The smallest absolute Gasteiger partial charge is 0.293 e. The molecule has 0 unspecified atom stereocenters. The van der Waals surface area contributed by atoms with E-state index in [1.165, 1.54) is 4.90 Å². The molecular formula is C24H16BrCl2NO3S. The molecule has 1 saturated heterocycles. The molecule has 1 aliphatic rings. The minimum absolute atomic E-state index is 0.206. The third-order valence-corrected chi connectivity index (χ3v) is 6.87. The van der Waals surface area contributed by atoms with E-state index in [2.05, 4.69) is 15.9 Å². The highest BCUT2D eigenvalue weighted by molar-refractivity contribution is 9.10. The van der Waals surface area contributed by atoms with Crippen molar-refractivity contribution < 1.29 is 14.3 Å². The van der Waals surface area contributed by atoms with E-state index in [1.807, 2.05) is 42.5 Å². The van der Waals surface area contributed by atoms with E-state index in [4.69, 9.17) is 27.9 Å². The Balaban J connectivity index is 1.45. The van der Waals surface area contributed by atoms with Crippen LogP contribution in [0.5, 0.6) is 5.75 Å². The van der Waals surface area contributed by atoms with Crippen molar-refractivity contribution in [3.63, 3.8) is 0 Å². The van der Waals surface area contributed by atoms with Crippen LogP contribution < -0.4 is 4.74 Å². The number of rotatable bonds is 6. The van der Waals surface area contributed by atoms with Gasteiger partial charge in [0.05, 0.1) is 15.9 Å². The van der Waals surface area contributed by atoms with Crippen LogP contribution in [0.15, 0.2) is 76.1 Å². The Morgan fingerprint density at radius 2 is 1.75 bits per heavy atom. The van der Waals surface area contributed by atoms with Crippen LogP contribution in [0, 0.1) is 0 Å². The SMILES string of the molecule is O=C1S/C(=C\c2ccc(OCc3ccccc3Cl)c(Br)c2)C(=O)N1Cc1ccc(Cl)cc1. The lowest BCUT2D eigenvalue weighted by Gasteiger charge is -2.12. The number of hydrogen-bond acceptors (Lipinski definition) is 4. The number of amides is 2. The molecule has 1 aliphatic heterocycles. The Kier molecular flexibility index (Phi) is 7.26. The summed E-state index contributed by atoms with van der Waals surface area (Å²) < 4.78 is 6.60. The van der Waals surface area contributed by atoms with Crippen LogP contribution in [-0.4, -0.2) is 16.0 Å². The van der Waals surface area contributed by atoms with Gasteiger partial charge in [0, 0.05) is 15.6 Å². The minimum atomic E-state index is -0.315. The van der Waals surface area contributed by atoms with Crippen LogP contribution in [0.1, 0.15) is 16.7 Å². The van der Waals surface area contributed by atoms with Crippen molar-refractivity contribution >= 4 is 68.1 Å². The molecule has 1 fully saturated rings. The number of carbonyl (C=O) groups excluding carboxylic acids is 2. The molecule has 0 N–H and O–H groups in total. The highest BCUT2D eigenvalue weighted by Gasteiger charge is 2.35. The summed E-state index contributed by atoms with van der Waals surface area (Å²) in [4.78, 5) is 26.8. The van der Waals surface area contributed by atoms with Gasteiger partial charge in [-0.1, -0.05) is 59.6 Å². The molecule has 3 aromatic rings. The Bertz CT molecular complexity index is 1210. The maximum Gasteiger partial charge on any atom is 0.293 e. The second-order valence-electron chi connectivity index (χ2n) is 6.96. The highest BCUT2D eigenvalue weighted by Crippen LogP contribution is 2.35. The van der Waals surface area contributed by atoms with E-state index in [-0.39, 0.29) is 17.7 Å². The molecule has 0 bridgehead atoms. The van der Waals surface area contributed by atoms with Crippen molar-refractivity contribution in [3.05, 3.63) is 103 Å². The van der Waals surface area contributed by atoms with E-state index < -0.39 is 0 Å². The monoisotopic (exact) mass is 547 g/mol. The zero-order valence-corrected chi connectivity index (χ0v) is 20.5. The number of halogens is 3. The lowest BCUT2D eigenvalue weighted by molar-refractivity contribution is -0.123. The first-order valence-electron chi connectivity index (χ1n) is 9.56. The maximum atomic E-state index is 12.8.